The van der Waals surface area contributed by atoms with Crippen molar-refractivity contribution in [1.29, 1.82) is 0 Å². The van der Waals surface area contributed by atoms with Gasteiger partial charge < -0.3 is 14.8 Å². The number of likely N-dealkylation sites (N-methyl/N-ethyl adjacent to an activating group) is 1. The first-order chi connectivity index (χ1) is 8.33. The monoisotopic (exact) mass is 235 g/mol. The van der Waals surface area contributed by atoms with Gasteiger partial charge in [0.05, 0.1) is 0 Å². The summed E-state index contributed by atoms with van der Waals surface area (Å²) in [5.41, 5.74) is 1.40. The van der Waals surface area contributed by atoms with Crippen molar-refractivity contribution < 1.29 is 0 Å². The molecule has 0 amide bonds. The molecule has 2 heterocycles. The Labute approximate surface area is 105 Å². The number of hydrogen-bond donors (Lipinski definition) is 1. The van der Waals surface area contributed by atoms with Crippen molar-refractivity contribution in [3.63, 3.8) is 0 Å². The number of rotatable bonds is 5. The van der Waals surface area contributed by atoms with E-state index in [9.17, 15) is 0 Å². The number of nitrogens with zero attached hydrogens (tertiary/aromatic N) is 2. The van der Waals surface area contributed by atoms with Crippen LogP contribution in [0.5, 0.6) is 0 Å². The Hall–Kier alpha value is -0.800. The number of hydrogen-bond acceptors (Lipinski definition) is 2. The van der Waals surface area contributed by atoms with Gasteiger partial charge in [-0.25, -0.2) is 0 Å². The molecule has 1 unspecified atom stereocenters. The molecule has 1 fully saturated rings. The van der Waals surface area contributed by atoms with Gasteiger partial charge in [0.25, 0.3) is 0 Å². The van der Waals surface area contributed by atoms with Crippen LogP contribution in [0.4, 0.5) is 0 Å². The normalized spacial score (nSPS) is 21.9. The second kappa shape index (κ2) is 6.22. The van der Waals surface area contributed by atoms with Crippen LogP contribution in [0.1, 0.15) is 32.4 Å². The Morgan fingerprint density at radius 3 is 3.00 bits per heavy atom. The largest absolute Gasteiger partial charge is 0.351 e. The molecule has 3 nitrogen and oxygen atoms in total. The summed E-state index contributed by atoms with van der Waals surface area (Å²) in [6.45, 7) is 10.2. The van der Waals surface area contributed by atoms with E-state index in [1.54, 1.807) is 0 Å². The van der Waals surface area contributed by atoms with E-state index in [1.165, 1.54) is 38.2 Å². The molecule has 1 aromatic rings. The van der Waals surface area contributed by atoms with E-state index in [4.69, 9.17) is 0 Å². The highest BCUT2D eigenvalue weighted by Crippen LogP contribution is 2.10. The van der Waals surface area contributed by atoms with Crippen molar-refractivity contribution in [3.05, 3.63) is 24.0 Å². The van der Waals surface area contributed by atoms with Gasteiger partial charge in [-0.05, 0) is 45.0 Å². The van der Waals surface area contributed by atoms with Gasteiger partial charge in [-0.15, -0.1) is 0 Å². The van der Waals surface area contributed by atoms with Crippen LogP contribution in [0.25, 0.3) is 0 Å². The van der Waals surface area contributed by atoms with Crippen LogP contribution in [0.3, 0.4) is 0 Å². The average Bonchev–Trinajstić information content (AvgIpc) is 2.84. The molecule has 2 rings (SSSR count). The summed E-state index contributed by atoms with van der Waals surface area (Å²) in [7, 11) is 0. The Morgan fingerprint density at radius 2 is 2.24 bits per heavy atom. The Balaban J connectivity index is 1.81. The zero-order chi connectivity index (χ0) is 12.1. The minimum Gasteiger partial charge on any atom is -0.351 e. The van der Waals surface area contributed by atoms with E-state index < -0.39 is 0 Å². The van der Waals surface area contributed by atoms with Gasteiger partial charge in [-0.2, -0.15) is 0 Å². The summed E-state index contributed by atoms with van der Waals surface area (Å²) in [4.78, 5) is 2.54. The molecule has 0 spiro atoms. The molecule has 1 N–H and O–H groups in total. The molecule has 96 valence electrons. The van der Waals surface area contributed by atoms with Crippen LogP contribution in [-0.4, -0.2) is 35.1 Å². The Morgan fingerprint density at radius 1 is 1.35 bits per heavy atom. The van der Waals surface area contributed by atoms with Crippen LogP contribution in [-0.2, 0) is 13.1 Å². The lowest BCUT2D eigenvalue weighted by Gasteiger charge is -2.32. The molecule has 1 saturated heterocycles. The topological polar surface area (TPSA) is 20.2 Å². The van der Waals surface area contributed by atoms with Gasteiger partial charge in [0, 0.05) is 37.6 Å². The molecule has 0 saturated carbocycles. The van der Waals surface area contributed by atoms with Crippen molar-refractivity contribution in [2.24, 2.45) is 0 Å². The summed E-state index contributed by atoms with van der Waals surface area (Å²) >= 11 is 0. The number of aromatic nitrogens is 1. The summed E-state index contributed by atoms with van der Waals surface area (Å²) in [6.07, 6.45) is 4.82. The molecule has 0 bridgehead atoms. The van der Waals surface area contributed by atoms with Crippen molar-refractivity contribution in [1.82, 2.24) is 14.8 Å². The molecule has 1 aliphatic heterocycles. The van der Waals surface area contributed by atoms with Crippen LogP contribution in [0, 0.1) is 0 Å². The van der Waals surface area contributed by atoms with Gasteiger partial charge in [-0.1, -0.05) is 6.92 Å². The smallest absolute Gasteiger partial charge is 0.0362 e. The second-order valence-electron chi connectivity index (χ2n) is 4.90. The molecule has 1 aliphatic rings. The molecule has 0 aliphatic carbocycles. The average molecular weight is 235 g/mol. The SMILES string of the molecule is CCN1CCCC(NCc2cccn2CC)C1. The number of nitrogens with one attached hydrogen (secondary N) is 1. The van der Waals surface area contributed by atoms with E-state index in [-0.39, 0.29) is 0 Å². The van der Waals surface area contributed by atoms with Crippen molar-refractivity contribution in [2.75, 3.05) is 19.6 Å². The summed E-state index contributed by atoms with van der Waals surface area (Å²) in [5, 5.41) is 3.70. The maximum absolute atomic E-state index is 3.70. The van der Waals surface area contributed by atoms with E-state index in [0.29, 0.717) is 6.04 Å². The lowest BCUT2D eigenvalue weighted by Crippen LogP contribution is -2.45. The summed E-state index contributed by atoms with van der Waals surface area (Å²) in [5.74, 6) is 0. The van der Waals surface area contributed by atoms with Gasteiger partial charge in [0.2, 0.25) is 0 Å². The molecular formula is C14H25N3. The van der Waals surface area contributed by atoms with Crippen molar-refractivity contribution in [3.8, 4) is 0 Å². The predicted octanol–water partition coefficient (Wildman–Crippen LogP) is 2.08. The minimum absolute atomic E-state index is 0.670. The van der Waals surface area contributed by atoms with E-state index in [1.807, 2.05) is 0 Å². The fraction of sp³-hybridized carbons (Fsp3) is 0.714. The standard InChI is InChI=1S/C14H25N3/c1-3-16-9-5-7-13(12-16)15-11-14-8-6-10-17(14)4-2/h6,8,10,13,15H,3-5,7,9,11-12H2,1-2H3. The molecule has 1 atom stereocenters. The van der Waals surface area contributed by atoms with Gasteiger partial charge in [0.15, 0.2) is 0 Å². The van der Waals surface area contributed by atoms with Gasteiger partial charge in [0.1, 0.15) is 0 Å². The molecular weight excluding hydrogens is 210 g/mol. The third kappa shape index (κ3) is 3.33. The highest BCUT2D eigenvalue weighted by Gasteiger charge is 2.18. The quantitative estimate of drug-likeness (QED) is 0.843. The maximum atomic E-state index is 3.70. The molecule has 0 radical (unpaired) electrons. The number of piperidine rings is 1. The van der Waals surface area contributed by atoms with Crippen LogP contribution < -0.4 is 5.32 Å². The van der Waals surface area contributed by atoms with Crippen LogP contribution >= 0.6 is 0 Å². The lowest BCUT2D eigenvalue weighted by atomic mass is 10.1. The zero-order valence-electron chi connectivity index (χ0n) is 11.2. The first-order valence-corrected chi connectivity index (χ1v) is 6.93. The summed E-state index contributed by atoms with van der Waals surface area (Å²) < 4.78 is 2.31. The Bertz CT molecular complexity index is 332. The third-order valence-corrected chi connectivity index (χ3v) is 3.79. The fourth-order valence-corrected chi connectivity index (χ4v) is 2.68. The third-order valence-electron chi connectivity index (χ3n) is 3.79. The molecule has 1 aromatic heterocycles. The maximum Gasteiger partial charge on any atom is 0.0362 e. The lowest BCUT2D eigenvalue weighted by molar-refractivity contribution is 0.198. The highest BCUT2D eigenvalue weighted by molar-refractivity contribution is 5.07. The number of likely N-dealkylation sites (tertiary alicyclic amines) is 1. The second-order valence-corrected chi connectivity index (χ2v) is 4.90. The number of aryl methyl sites for hydroxylation is 1. The summed E-state index contributed by atoms with van der Waals surface area (Å²) in [6, 6.07) is 5.03. The van der Waals surface area contributed by atoms with E-state index in [0.717, 1.165) is 13.1 Å². The highest BCUT2D eigenvalue weighted by atomic mass is 15.2. The first kappa shape index (κ1) is 12.7. The first-order valence-electron chi connectivity index (χ1n) is 6.93. The van der Waals surface area contributed by atoms with E-state index >= 15 is 0 Å². The molecule has 0 aromatic carbocycles. The van der Waals surface area contributed by atoms with Crippen LogP contribution in [0.15, 0.2) is 18.3 Å². The fourth-order valence-electron chi connectivity index (χ4n) is 2.68. The van der Waals surface area contributed by atoms with Gasteiger partial charge in [-0.3, -0.25) is 0 Å². The van der Waals surface area contributed by atoms with Crippen molar-refractivity contribution in [2.45, 2.75) is 45.8 Å². The zero-order valence-corrected chi connectivity index (χ0v) is 11.2. The molecule has 3 heteroatoms. The van der Waals surface area contributed by atoms with Gasteiger partial charge >= 0.3 is 0 Å². The molecule has 17 heavy (non-hydrogen) atoms. The van der Waals surface area contributed by atoms with Crippen LogP contribution in [0.2, 0.25) is 0 Å². The van der Waals surface area contributed by atoms with E-state index in [2.05, 4.69) is 47.0 Å². The Kier molecular flexibility index (Phi) is 4.63. The minimum atomic E-state index is 0.670. The van der Waals surface area contributed by atoms with Crippen molar-refractivity contribution >= 4 is 0 Å². The predicted molar refractivity (Wildman–Crippen MR) is 72.1 cm³/mol.